The van der Waals surface area contributed by atoms with E-state index in [1.54, 1.807) is 0 Å². The Morgan fingerprint density at radius 3 is 2.63 bits per heavy atom. The zero-order chi connectivity index (χ0) is 14.0. The van der Waals surface area contributed by atoms with Crippen LogP contribution in [-0.4, -0.2) is 28.6 Å². The van der Waals surface area contributed by atoms with Gasteiger partial charge in [0.2, 0.25) is 0 Å². The van der Waals surface area contributed by atoms with E-state index in [1.807, 2.05) is 6.92 Å². The average molecular weight is 264 g/mol. The summed E-state index contributed by atoms with van der Waals surface area (Å²) >= 11 is 0. The van der Waals surface area contributed by atoms with Gasteiger partial charge in [0.1, 0.15) is 6.10 Å². The molecule has 1 saturated heterocycles. The first-order valence-electron chi connectivity index (χ1n) is 6.95. The molecule has 4 nitrogen and oxygen atoms in total. The number of carbonyl (C=O) groups is 2. The highest BCUT2D eigenvalue weighted by atomic mass is 16.6. The van der Waals surface area contributed by atoms with Crippen molar-refractivity contribution in [3.05, 3.63) is 11.1 Å². The fraction of sp³-hybridized carbons (Fsp3) is 0.733. The molecule has 0 aromatic carbocycles. The van der Waals surface area contributed by atoms with Gasteiger partial charge in [-0.1, -0.05) is 6.92 Å². The predicted octanol–water partition coefficient (Wildman–Crippen LogP) is 1.76. The van der Waals surface area contributed by atoms with Crippen molar-refractivity contribution >= 4 is 11.8 Å². The molecule has 0 aromatic heterocycles. The fourth-order valence-corrected chi connectivity index (χ4v) is 4.06. The lowest BCUT2D eigenvalue weighted by molar-refractivity contribution is -0.153. The summed E-state index contributed by atoms with van der Waals surface area (Å²) in [5, 5.41) is 10.3. The maximum atomic E-state index is 12.0. The molecule has 0 amide bonds. The van der Waals surface area contributed by atoms with Crippen LogP contribution in [0.15, 0.2) is 11.1 Å². The van der Waals surface area contributed by atoms with Gasteiger partial charge in [0.25, 0.3) is 0 Å². The molecule has 3 rings (SSSR count). The molecule has 0 aromatic rings. The van der Waals surface area contributed by atoms with E-state index in [2.05, 4.69) is 6.92 Å². The van der Waals surface area contributed by atoms with Gasteiger partial charge in [-0.2, -0.15) is 0 Å². The van der Waals surface area contributed by atoms with Gasteiger partial charge < -0.3 is 9.84 Å². The number of esters is 1. The second kappa shape index (κ2) is 3.69. The zero-order valence-electron chi connectivity index (χ0n) is 11.7. The van der Waals surface area contributed by atoms with Gasteiger partial charge in [-0.05, 0) is 49.7 Å². The van der Waals surface area contributed by atoms with Crippen LogP contribution in [0.4, 0.5) is 0 Å². The van der Waals surface area contributed by atoms with Crippen LogP contribution >= 0.6 is 0 Å². The molecular formula is C15H20O4. The van der Waals surface area contributed by atoms with Crippen LogP contribution in [0.1, 0.15) is 46.5 Å². The first kappa shape index (κ1) is 12.9. The van der Waals surface area contributed by atoms with E-state index in [1.165, 1.54) is 6.92 Å². The Labute approximate surface area is 112 Å². The summed E-state index contributed by atoms with van der Waals surface area (Å²) in [4.78, 5) is 23.8. The Bertz CT molecular complexity index is 502. The summed E-state index contributed by atoms with van der Waals surface area (Å²) in [7, 11) is 0. The molecule has 1 saturated carbocycles. The molecule has 2 aliphatic carbocycles. The van der Waals surface area contributed by atoms with E-state index >= 15 is 0 Å². The van der Waals surface area contributed by atoms with Crippen molar-refractivity contribution < 1.29 is 19.4 Å². The molecule has 1 heterocycles. The van der Waals surface area contributed by atoms with Gasteiger partial charge in [0, 0.05) is 12.3 Å². The molecule has 0 spiro atoms. The van der Waals surface area contributed by atoms with Crippen molar-refractivity contribution in [3.63, 3.8) is 0 Å². The predicted molar refractivity (Wildman–Crippen MR) is 68.3 cm³/mol. The summed E-state index contributed by atoms with van der Waals surface area (Å²) in [6.45, 7) is 5.51. The van der Waals surface area contributed by atoms with Crippen LogP contribution in [0, 0.1) is 11.3 Å². The second-order valence-electron chi connectivity index (χ2n) is 6.64. The Balaban J connectivity index is 2.11. The number of ketones is 1. The van der Waals surface area contributed by atoms with Crippen LogP contribution in [0.25, 0.3) is 0 Å². The lowest BCUT2D eigenvalue weighted by Crippen LogP contribution is -2.46. The molecular weight excluding hydrogens is 244 g/mol. The van der Waals surface area contributed by atoms with E-state index in [0.717, 1.165) is 30.4 Å². The molecule has 4 atom stereocenters. The van der Waals surface area contributed by atoms with E-state index in [0.29, 0.717) is 6.42 Å². The number of allylic oxidation sites excluding steroid dienone is 1. The second-order valence-corrected chi connectivity index (χ2v) is 6.64. The van der Waals surface area contributed by atoms with Crippen molar-refractivity contribution in [2.24, 2.45) is 11.3 Å². The highest BCUT2D eigenvalue weighted by Crippen LogP contribution is 2.55. The van der Waals surface area contributed by atoms with Crippen molar-refractivity contribution in [1.29, 1.82) is 0 Å². The van der Waals surface area contributed by atoms with Crippen LogP contribution in [0.5, 0.6) is 0 Å². The van der Waals surface area contributed by atoms with Gasteiger partial charge in [0.15, 0.2) is 11.4 Å². The summed E-state index contributed by atoms with van der Waals surface area (Å²) in [5.74, 6) is -0.621. The molecule has 1 aliphatic heterocycles. The molecule has 0 radical (unpaired) electrons. The average Bonchev–Trinajstić information content (AvgIpc) is 2.55. The summed E-state index contributed by atoms with van der Waals surface area (Å²) in [6, 6.07) is 0. The van der Waals surface area contributed by atoms with E-state index in [4.69, 9.17) is 4.74 Å². The highest BCUT2D eigenvalue weighted by Gasteiger charge is 2.60. The number of aliphatic hydroxyl groups is 1. The summed E-state index contributed by atoms with van der Waals surface area (Å²) < 4.78 is 5.43. The summed E-state index contributed by atoms with van der Waals surface area (Å²) in [6.07, 6.45) is 2.66. The highest BCUT2D eigenvalue weighted by molar-refractivity contribution is 5.97. The van der Waals surface area contributed by atoms with Gasteiger partial charge in [0.05, 0.1) is 0 Å². The van der Waals surface area contributed by atoms with E-state index in [9.17, 15) is 14.7 Å². The SMILES string of the molecule is CC1=C2[C@@H]3OC(=O)[C@@](C)(O)[C@@H]3CC[C@]2(C)CCC1=O. The molecule has 0 unspecified atom stereocenters. The molecule has 104 valence electrons. The van der Waals surface area contributed by atoms with Crippen molar-refractivity contribution in [1.82, 2.24) is 0 Å². The molecule has 4 heteroatoms. The quantitative estimate of drug-likeness (QED) is 0.677. The van der Waals surface area contributed by atoms with Crippen LogP contribution in [0.2, 0.25) is 0 Å². The summed E-state index contributed by atoms with van der Waals surface area (Å²) in [5.41, 5.74) is 0.236. The first-order chi connectivity index (χ1) is 8.77. The lowest BCUT2D eigenvalue weighted by Gasteiger charge is -2.46. The van der Waals surface area contributed by atoms with E-state index in [-0.39, 0.29) is 17.1 Å². The topological polar surface area (TPSA) is 63.6 Å². The van der Waals surface area contributed by atoms with Crippen molar-refractivity contribution in [2.75, 3.05) is 0 Å². The maximum absolute atomic E-state index is 12.0. The van der Waals surface area contributed by atoms with Gasteiger partial charge in [-0.3, -0.25) is 4.79 Å². The minimum Gasteiger partial charge on any atom is -0.455 e. The Morgan fingerprint density at radius 1 is 1.26 bits per heavy atom. The first-order valence-corrected chi connectivity index (χ1v) is 6.95. The Morgan fingerprint density at radius 2 is 1.95 bits per heavy atom. The van der Waals surface area contributed by atoms with Gasteiger partial charge in [-0.15, -0.1) is 0 Å². The van der Waals surface area contributed by atoms with Crippen molar-refractivity contribution in [2.45, 2.75) is 58.2 Å². The van der Waals surface area contributed by atoms with Gasteiger partial charge in [-0.25, -0.2) is 4.79 Å². The largest absolute Gasteiger partial charge is 0.455 e. The zero-order valence-corrected chi connectivity index (χ0v) is 11.7. The van der Waals surface area contributed by atoms with Crippen LogP contribution < -0.4 is 0 Å². The fourth-order valence-electron chi connectivity index (χ4n) is 4.06. The number of carbonyl (C=O) groups excluding carboxylic acids is 2. The smallest absolute Gasteiger partial charge is 0.338 e. The minimum absolute atomic E-state index is 0.0557. The molecule has 2 fully saturated rings. The molecule has 0 bridgehead atoms. The van der Waals surface area contributed by atoms with Crippen LogP contribution in [0.3, 0.4) is 0 Å². The van der Waals surface area contributed by atoms with Crippen LogP contribution in [-0.2, 0) is 14.3 Å². The third-order valence-corrected chi connectivity index (χ3v) is 5.40. The maximum Gasteiger partial charge on any atom is 0.338 e. The molecule has 1 N–H and O–H groups in total. The number of rotatable bonds is 0. The Hall–Kier alpha value is -1.16. The number of ether oxygens (including phenoxy) is 1. The number of Topliss-reactive ketones (excluding diaryl/α,β-unsaturated/α-hetero) is 1. The number of hydrogen-bond donors (Lipinski definition) is 1. The molecule has 19 heavy (non-hydrogen) atoms. The number of hydrogen-bond acceptors (Lipinski definition) is 4. The minimum atomic E-state index is -1.42. The third kappa shape index (κ3) is 1.55. The Kier molecular flexibility index (Phi) is 2.50. The van der Waals surface area contributed by atoms with E-state index < -0.39 is 17.7 Å². The monoisotopic (exact) mass is 264 g/mol. The number of fused-ring (bicyclic) bond motifs is 3. The van der Waals surface area contributed by atoms with Crippen molar-refractivity contribution in [3.8, 4) is 0 Å². The normalized spacial score (nSPS) is 45.9. The third-order valence-electron chi connectivity index (χ3n) is 5.40. The standard InChI is InChI=1S/C15H20O4/c1-8-10(16)5-7-14(2)6-4-9-12(11(8)14)19-13(17)15(9,3)18/h9,12,18H,4-7H2,1-3H3/t9-,12-,14-,15+/m1/s1. The van der Waals surface area contributed by atoms with Gasteiger partial charge >= 0.3 is 5.97 Å². The molecule has 3 aliphatic rings. The lowest BCUT2D eigenvalue weighted by atomic mass is 9.59.